The summed E-state index contributed by atoms with van der Waals surface area (Å²) in [7, 11) is 1.43. The number of aromatic amines is 3. The van der Waals surface area contributed by atoms with Crippen LogP contribution in [0.2, 0.25) is 0 Å². The highest BCUT2D eigenvalue weighted by molar-refractivity contribution is 5.60. The van der Waals surface area contributed by atoms with Crippen LogP contribution in [-0.4, -0.2) is 32.2 Å². The first-order valence-corrected chi connectivity index (χ1v) is 8.66. The minimum atomic E-state index is -0.499. The molecule has 8 nitrogen and oxygen atoms in total. The number of hydrogen-bond acceptors (Lipinski definition) is 5. The smallest absolute Gasteiger partial charge is 0.272 e. The molecule has 4 N–H and O–H groups in total. The predicted octanol–water partition coefficient (Wildman–Crippen LogP) is 0.456. The Morgan fingerprint density at radius 3 is 2.32 bits per heavy atom. The van der Waals surface area contributed by atoms with Crippen LogP contribution in [0.25, 0.3) is 12.2 Å². The Labute approximate surface area is 160 Å². The molecule has 146 valence electrons. The van der Waals surface area contributed by atoms with E-state index in [1.165, 1.54) is 19.3 Å². The summed E-state index contributed by atoms with van der Waals surface area (Å²) in [5.41, 5.74) is 0.601. The first kappa shape index (κ1) is 19.2. The average Bonchev–Trinajstić information content (AvgIpc) is 3.09. The Kier molecular flexibility index (Phi) is 4.96. The lowest BCUT2D eigenvalue weighted by Gasteiger charge is -2.16. The number of H-pyrrole nitrogens is 3. The number of phenols is 1. The van der Waals surface area contributed by atoms with Crippen molar-refractivity contribution in [2.45, 2.75) is 26.2 Å². The van der Waals surface area contributed by atoms with Gasteiger partial charge in [-0.25, -0.2) is 4.98 Å². The van der Waals surface area contributed by atoms with Crippen LogP contribution in [0, 0.1) is 0 Å². The average molecular weight is 382 g/mol. The van der Waals surface area contributed by atoms with Gasteiger partial charge in [-0.3, -0.25) is 9.59 Å². The lowest BCUT2D eigenvalue weighted by atomic mass is 9.90. The molecule has 0 amide bonds. The molecular formula is C20H22N4O4. The number of methoxy groups -OCH3 is 1. The van der Waals surface area contributed by atoms with Crippen molar-refractivity contribution in [1.29, 1.82) is 0 Å². The molecule has 0 spiro atoms. The van der Waals surface area contributed by atoms with Crippen molar-refractivity contribution in [3.63, 3.8) is 0 Å². The SMILES string of the molecule is COc1cccc(C=c2[nH]c(=O)c(=Cc3nc[nH]c3C(C)(C)C)[nH]c2=O)c1O. The Morgan fingerprint density at radius 2 is 1.71 bits per heavy atom. The van der Waals surface area contributed by atoms with Crippen LogP contribution in [0.4, 0.5) is 0 Å². The van der Waals surface area contributed by atoms with Crippen LogP contribution in [0.5, 0.6) is 11.5 Å². The number of aromatic nitrogens is 4. The van der Waals surface area contributed by atoms with Crippen LogP contribution in [0.1, 0.15) is 37.7 Å². The monoisotopic (exact) mass is 382 g/mol. The fourth-order valence-corrected chi connectivity index (χ4v) is 2.82. The van der Waals surface area contributed by atoms with Crippen molar-refractivity contribution in [2.24, 2.45) is 0 Å². The van der Waals surface area contributed by atoms with Gasteiger partial charge >= 0.3 is 0 Å². The van der Waals surface area contributed by atoms with Gasteiger partial charge < -0.3 is 24.8 Å². The van der Waals surface area contributed by atoms with Crippen molar-refractivity contribution < 1.29 is 9.84 Å². The van der Waals surface area contributed by atoms with E-state index in [4.69, 9.17) is 4.74 Å². The number of para-hydroxylation sites is 1. The molecule has 0 fully saturated rings. The van der Waals surface area contributed by atoms with Gasteiger partial charge in [0.1, 0.15) is 10.7 Å². The maximum Gasteiger partial charge on any atom is 0.272 e. The molecule has 0 radical (unpaired) electrons. The molecule has 3 aromatic rings. The fraction of sp³-hybridized carbons (Fsp3) is 0.250. The number of benzene rings is 1. The van der Waals surface area contributed by atoms with E-state index >= 15 is 0 Å². The van der Waals surface area contributed by atoms with Gasteiger partial charge in [-0.2, -0.15) is 0 Å². The van der Waals surface area contributed by atoms with Gasteiger partial charge in [0.2, 0.25) is 0 Å². The van der Waals surface area contributed by atoms with Crippen molar-refractivity contribution in [3.05, 3.63) is 72.9 Å². The molecular weight excluding hydrogens is 360 g/mol. The lowest BCUT2D eigenvalue weighted by molar-refractivity contribution is 0.373. The Balaban J connectivity index is 2.15. The summed E-state index contributed by atoms with van der Waals surface area (Å²) in [6.07, 6.45) is 4.47. The quantitative estimate of drug-likeness (QED) is 0.524. The van der Waals surface area contributed by atoms with Crippen molar-refractivity contribution in [3.8, 4) is 11.5 Å². The molecule has 0 bridgehead atoms. The second kappa shape index (κ2) is 7.22. The molecule has 28 heavy (non-hydrogen) atoms. The van der Waals surface area contributed by atoms with E-state index in [0.717, 1.165) is 5.69 Å². The van der Waals surface area contributed by atoms with Crippen LogP contribution in [0.15, 0.2) is 34.1 Å². The van der Waals surface area contributed by atoms with E-state index in [1.54, 1.807) is 24.5 Å². The van der Waals surface area contributed by atoms with Crippen molar-refractivity contribution in [1.82, 2.24) is 19.9 Å². The van der Waals surface area contributed by atoms with Gasteiger partial charge in [-0.05, 0) is 18.2 Å². The third-order valence-corrected chi connectivity index (χ3v) is 4.24. The molecule has 0 aliphatic rings. The molecule has 0 saturated carbocycles. The van der Waals surface area contributed by atoms with Gasteiger partial charge in [0, 0.05) is 16.7 Å². The number of nitrogens with zero attached hydrogens (tertiary/aromatic N) is 1. The van der Waals surface area contributed by atoms with Crippen LogP contribution >= 0.6 is 0 Å². The standard InChI is InChI=1S/C20H22N4O4/c1-20(2,3)17-12(21-10-22-17)9-14-19(27)23-13(18(26)24-14)8-11-6-5-7-15(28-4)16(11)25/h5-10,25H,1-4H3,(H,21,22)(H,23,27)(H,24,26). The Hall–Kier alpha value is -3.55. The largest absolute Gasteiger partial charge is 0.504 e. The summed E-state index contributed by atoms with van der Waals surface area (Å²) >= 11 is 0. The van der Waals surface area contributed by atoms with E-state index in [1.807, 2.05) is 20.8 Å². The lowest BCUT2D eigenvalue weighted by Crippen LogP contribution is -2.46. The summed E-state index contributed by atoms with van der Waals surface area (Å²) in [6.45, 7) is 6.05. The summed E-state index contributed by atoms with van der Waals surface area (Å²) in [5.74, 6) is 0.151. The normalized spacial score (nSPS) is 13.1. The van der Waals surface area contributed by atoms with Crippen LogP contribution in [0.3, 0.4) is 0 Å². The first-order valence-electron chi connectivity index (χ1n) is 8.66. The molecule has 0 aliphatic carbocycles. The topological polar surface area (TPSA) is 124 Å². The Morgan fingerprint density at radius 1 is 1.07 bits per heavy atom. The highest BCUT2D eigenvalue weighted by Crippen LogP contribution is 2.29. The maximum atomic E-state index is 12.5. The van der Waals surface area contributed by atoms with E-state index in [2.05, 4.69) is 19.9 Å². The molecule has 3 rings (SSSR count). The van der Waals surface area contributed by atoms with Gasteiger partial charge in [-0.15, -0.1) is 0 Å². The molecule has 8 heteroatoms. The summed E-state index contributed by atoms with van der Waals surface area (Å²) < 4.78 is 5.05. The summed E-state index contributed by atoms with van der Waals surface area (Å²) in [4.78, 5) is 37.4. The molecule has 1 aromatic carbocycles. The van der Waals surface area contributed by atoms with Crippen molar-refractivity contribution >= 4 is 12.2 Å². The van der Waals surface area contributed by atoms with Crippen LogP contribution in [-0.2, 0) is 5.41 Å². The number of imidazole rings is 1. The highest BCUT2D eigenvalue weighted by atomic mass is 16.5. The van der Waals surface area contributed by atoms with E-state index in [0.29, 0.717) is 11.3 Å². The minimum Gasteiger partial charge on any atom is -0.504 e. The predicted molar refractivity (Wildman–Crippen MR) is 106 cm³/mol. The molecule has 0 atom stereocenters. The van der Waals surface area contributed by atoms with E-state index in [9.17, 15) is 14.7 Å². The number of phenolic OH excluding ortho intramolecular Hbond substituents is 1. The van der Waals surface area contributed by atoms with Gasteiger partial charge in [0.25, 0.3) is 11.1 Å². The minimum absolute atomic E-state index is 0.0174. The number of ether oxygens (including phenoxy) is 1. The first-order chi connectivity index (χ1) is 13.2. The van der Waals surface area contributed by atoms with Gasteiger partial charge in [-0.1, -0.05) is 32.9 Å². The zero-order valence-corrected chi connectivity index (χ0v) is 16.1. The summed E-state index contributed by atoms with van der Waals surface area (Å²) in [6, 6.07) is 4.87. The highest BCUT2D eigenvalue weighted by Gasteiger charge is 2.19. The molecule has 2 aromatic heterocycles. The maximum absolute atomic E-state index is 12.5. The van der Waals surface area contributed by atoms with E-state index in [-0.39, 0.29) is 27.6 Å². The zero-order chi connectivity index (χ0) is 20.5. The molecule has 0 unspecified atom stereocenters. The van der Waals surface area contributed by atoms with Gasteiger partial charge in [0.15, 0.2) is 11.5 Å². The molecule has 2 heterocycles. The number of rotatable bonds is 3. The third-order valence-electron chi connectivity index (χ3n) is 4.24. The second-order valence-corrected chi connectivity index (χ2v) is 7.34. The van der Waals surface area contributed by atoms with E-state index < -0.39 is 11.1 Å². The van der Waals surface area contributed by atoms with Crippen LogP contribution < -0.4 is 26.6 Å². The van der Waals surface area contributed by atoms with Gasteiger partial charge in [0.05, 0.1) is 19.1 Å². The molecule has 0 saturated heterocycles. The fourth-order valence-electron chi connectivity index (χ4n) is 2.82. The zero-order valence-electron chi connectivity index (χ0n) is 16.1. The summed E-state index contributed by atoms with van der Waals surface area (Å²) in [5, 5.41) is 10.3. The number of aromatic hydroxyl groups is 1. The molecule has 0 aliphatic heterocycles. The number of hydrogen-bond donors (Lipinski definition) is 4. The second-order valence-electron chi connectivity index (χ2n) is 7.34. The number of nitrogens with one attached hydrogen (secondary N) is 3. The van der Waals surface area contributed by atoms with Crippen molar-refractivity contribution in [2.75, 3.05) is 7.11 Å². The third kappa shape index (κ3) is 3.75. The Bertz CT molecular complexity index is 1240.